The highest BCUT2D eigenvalue weighted by Crippen LogP contribution is 2.18. The van der Waals surface area contributed by atoms with E-state index in [4.69, 9.17) is 4.74 Å². The molecule has 0 bridgehead atoms. The van der Waals surface area contributed by atoms with Crippen molar-refractivity contribution in [2.75, 3.05) is 20.7 Å². The minimum Gasteiger partial charge on any atom is -0.389 e. The van der Waals surface area contributed by atoms with Gasteiger partial charge in [0.05, 0.1) is 31.0 Å². The third kappa shape index (κ3) is 1.77. The summed E-state index contributed by atoms with van der Waals surface area (Å²) in [6, 6.07) is -0.214. The molecule has 0 aromatic rings. The maximum atomic E-state index is 9.65. The molecule has 2 N–H and O–H groups in total. The number of likely N-dealkylation sites (N-methyl/N-ethyl adjacent to an activating group) is 1. The van der Waals surface area contributed by atoms with Gasteiger partial charge >= 0.3 is 0 Å². The van der Waals surface area contributed by atoms with Gasteiger partial charge in [0.2, 0.25) is 0 Å². The van der Waals surface area contributed by atoms with E-state index in [9.17, 15) is 10.2 Å². The van der Waals surface area contributed by atoms with Gasteiger partial charge < -0.3 is 19.8 Å². The van der Waals surface area contributed by atoms with Crippen LogP contribution in [0.4, 0.5) is 0 Å². The first-order chi connectivity index (χ1) is 5.54. The van der Waals surface area contributed by atoms with E-state index in [1.165, 1.54) is 0 Å². The number of aliphatic hydroxyl groups excluding tert-OH is 2. The fraction of sp³-hybridized carbons (Fsp3) is 1.00. The Morgan fingerprint density at radius 1 is 1.33 bits per heavy atom. The summed E-state index contributed by atoms with van der Waals surface area (Å²) in [5.41, 5.74) is 0. The van der Waals surface area contributed by atoms with Gasteiger partial charge in [-0.3, -0.25) is 0 Å². The molecular weight excluding hydrogens is 158 g/mol. The molecule has 0 amide bonds. The van der Waals surface area contributed by atoms with Gasteiger partial charge in [0.15, 0.2) is 0 Å². The van der Waals surface area contributed by atoms with E-state index >= 15 is 0 Å². The SMILES string of the molecule is C[C@H]1OC[C@H](O)[C@@H](N(C)C)[C@@H]1O. The van der Waals surface area contributed by atoms with Gasteiger partial charge in [-0.1, -0.05) is 0 Å². The molecular formula is C8H17NO3. The minimum absolute atomic E-state index is 0.194. The molecule has 1 aliphatic heterocycles. The maximum absolute atomic E-state index is 9.65. The Bertz CT molecular complexity index is 151. The molecule has 4 nitrogen and oxygen atoms in total. The van der Waals surface area contributed by atoms with Crippen LogP contribution in [0.3, 0.4) is 0 Å². The van der Waals surface area contributed by atoms with Crippen LogP contribution >= 0.6 is 0 Å². The smallest absolute Gasteiger partial charge is 0.0979 e. The molecule has 1 saturated heterocycles. The zero-order chi connectivity index (χ0) is 9.30. The van der Waals surface area contributed by atoms with Gasteiger partial charge in [-0.05, 0) is 21.0 Å². The molecule has 72 valence electrons. The van der Waals surface area contributed by atoms with Crippen LogP contribution in [0.2, 0.25) is 0 Å². The lowest BCUT2D eigenvalue weighted by Gasteiger charge is -2.40. The standard InChI is InChI=1S/C8H17NO3/c1-5-8(11)7(9(2)3)6(10)4-12-5/h5-8,10-11H,4H2,1-3H3/t5-,6+,7-,8-/m1/s1. The Hall–Kier alpha value is -0.160. The molecule has 4 heteroatoms. The average molecular weight is 175 g/mol. The Morgan fingerprint density at radius 2 is 1.92 bits per heavy atom. The summed E-state index contributed by atoms with van der Waals surface area (Å²) < 4.78 is 5.16. The van der Waals surface area contributed by atoms with E-state index in [0.29, 0.717) is 6.61 Å². The third-order valence-corrected chi connectivity index (χ3v) is 2.35. The zero-order valence-electron chi connectivity index (χ0n) is 7.77. The van der Waals surface area contributed by atoms with Crippen molar-refractivity contribution in [2.24, 2.45) is 0 Å². The summed E-state index contributed by atoms with van der Waals surface area (Å²) in [5, 5.41) is 19.2. The topological polar surface area (TPSA) is 52.9 Å². The number of aliphatic hydroxyl groups is 2. The highest BCUT2D eigenvalue weighted by molar-refractivity contribution is 4.89. The summed E-state index contributed by atoms with van der Waals surface area (Å²) in [6.07, 6.45) is -1.39. The monoisotopic (exact) mass is 175 g/mol. The average Bonchev–Trinajstić information content (AvgIpc) is 1.97. The molecule has 0 radical (unpaired) electrons. The Balaban J connectivity index is 2.65. The van der Waals surface area contributed by atoms with Crippen molar-refractivity contribution >= 4 is 0 Å². The molecule has 4 atom stereocenters. The van der Waals surface area contributed by atoms with Crippen molar-refractivity contribution in [1.29, 1.82) is 0 Å². The predicted molar refractivity (Wildman–Crippen MR) is 44.9 cm³/mol. The van der Waals surface area contributed by atoms with E-state index < -0.39 is 12.2 Å². The molecule has 0 aromatic heterocycles. The van der Waals surface area contributed by atoms with E-state index in [-0.39, 0.29) is 12.1 Å². The van der Waals surface area contributed by atoms with Crippen LogP contribution in [0.15, 0.2) is 0 Å². The quantitative estimate of drug-likeness (QED) is 0.540. The fourth-order valence-electron chi connectivity index (χ4n) is 1.60. The number of nitrogens with zero attached hydrogens (tertiary/aromatic N) is 1. The van der Waals surface area contributed by atoms with Gasteiger partial charge in [0, 0.05) is 0 Å². The molecule has 0 unspecified atom stereocenters. The summed E-state index contributed by atoms with van der Waals surface area (Å²) in [4.78, 5) is 1.83. The Morgan fingerprint density at radius 3 is 2.33 bits per heavy atom. The second kappa shape index (κ2) is 3.70. The van der Waals surface area contributed by atoms with E-state index in [0.717, 1.165) is 0 Å². The first-order valence-corrected chi connectivity index (χ1v) is 4.18. The van der Waals surface area contributed by atoms with Crippen LogP contribution in [0.5, 0.6) is 0 Å². The summed E-state index contributed by atoms with van der Waals surface area (Å²) in [5.74, 6) is 0. The lowest BCUT2D eigenvalue weighted by molar-refractivity contribution is -0.155. The van der Waals surface area contributed by atoms with Gasteiger partial charge in [0.1, 0.15) is 0 Å². The van der Waals surface area contributed by atoms with Crippen molar-refractivity contribution in [3.63, 3.8) is 0 Å². The number of hydrogen-bond donors (Lipinski definition) is 2. The zero-order valence-corrected chi connectivity index (χ0v) is 7.77. The molecule has 0 aliphatic carbocycles. The van der Waals surface area contributed by atoms with E-state index in [1.54, 1.807) is 0 Å². The summed E-state index contributed by atoms with van der Waals surface area (Å²) in [6.45, 7) is 2.12. The van der Waals surface area contributed by atoms with Crippen LogP contribution in [-0.4, -0.2) is 60.2 Å². The number of hydrogen-bond acceptors (Lipinski definition) is 4. The van der Waals surface area contributed by atoms with Crippen molar-refractivity contribution in [1.82, 2.24) is 4.90 Å². The van der Waals surface area contributed by atoms with Gasteiger partial charge in [0.25, 0.3) is 0 Å². The predicted octanol–water partition coefficient (Wildman–Crippen LogP) is -0.943. The summed E-state index contributed by atoms with van der Waals surface area (Å²) >= 11 is 0. The highest BCUT2D eigenvalue weighted by Gasteiger charge is 2.37. The second-order valence-corrected chi connectivity index (χ2v) is 3.55. The number of ether oxygens (including phenoxy) is 1. The molecule has 1 heterocycles. The lowest BCUT2D eigenvalue weighted by atomic mass is 9.97. The molecule has 1 rings (SSSR count). The van der Waals surface area contributed by atoms with Crippen molar-refractivity contribution in [3.05, 3.63) is 0 Å². The molecule has 1 aliphatic rings. The molecule has 0 saturated carbocycles. The Kier molecular flexibility index (Phi) is 3.06. The molecule has 1 fully saturated rings. The van der Waals surface area contributed by atoms with Gasteiger partial charge in [-0.25, -0.2) is 0 Å². The van der Waals surface area contributed by atoms with E-state index in [1.807, 2.05) is 25.9 Å². The minimum atomic E-state index is -0.608. The molecule has 0 aromatic carbocycles. The number of rotatable bonds is 1. The fourth-order valence-corrected chi connectivity index (χ4v) is 1.60. The summed E-state index contributed by atoms with van der Waals surface area (Å²) in [7, 11) is 3.68. The van der Waals surface area contributed by atoms with Gasteiger partial charge in [-0.15, -0.1) is 0 Å². The Labute approximate surface area is 72.7 Å². The molecule has 0 spiro atoms. The van der Waals surface area contributed by atoms with Crippen LogP contribution in [0, 0.1) is 0 Å². The third-order valence-electron chi connectivity index (χ3n) is 2.35. The lowest BCUT2D eigenvalue weighted by Crippen LogP contribution is -2.57. The first-order valence-electron chi connectivity index (χ1n) is 4.18. The van der Waals surface area contributed by atoms with Gasteiger partial charge in [-0.2, -0.15) is 0 Å². The normalized spacial score (nSPS) is 43.5. The van der Waals surface area contributed by atoms with Crippen molar-refractivity contribution in [2.45, 2.75) is 31.3 Å². The highest BCUT2D eigenvalue weighted by atomic mass is 16.5. The largest absolute Gasteiger partial charge is 0.389 e. The van der Waals surface area contributed by atoms with Crippen LogP contribution < -0.4 is 0 Å². The van der Waals surface area contributed by atoms with E-state index in [2.05, 4.69) is 0 Å². The second-order valence-electron chi connectivity index (χ2n) is 3.55. The van der Waals surface area contributed by atoms with Crippen molar-refractivity contribution in [3.8, 4) is 0 Å². The molecule has 12 heavy (non-hydrogen) atoms. The first kappa shape index (κ1) is 9.92. The van der Waals surface area contributed by atoms with Crippen LogP contribution in [0.1, 0.15) is 6.92 Å². The van der Waals surface area contributed by atoms with Crippen molar-refractivity contribution < 1.29 is 14.9 Å². The van der Waals surface area contributed by atoms with Crippen LogP contribution in [-0.2, 0) is 4.74 Å². The van der Waals surface area contributed by atoms with Crippen LogP contribution in [0.25, 0.3) is 0 Å². The maximum Gasteiger partial charge on any atom is 0.0979 e.